The van der Waals surface area contributed by atoms with Crippen LogP contribution < -0.4 is 0 Å². The molecular weight excluding hydrogens is 162 g/mol. The summed E-state index contributed by atoms with van der Waals surface area (Å²) in [5, 5.41) is 3.85. The summed E-state index contributed by atoms with van der Waals surface area (Å²) in [6, 6.07) is 0.0837. The molecule has 0 aromatic heterocycles. The summed E-state index contributed by atoms with van der Waals surface area (Å²) in [5.41, 5.74) is 8.27. The molecule has 2 rings (SSSR count). The first kappa shape index (κ1) is 7.26. The van der Waals surface area contributed by atoms with E-state index in [1.807, 2.05) is 0 Å². The molecule has 2 fully saturated rings. The van der Waals surface area contributed by atoms with Crippen LogP contribution in [0.3, 0.4) is 0 Å². The van der Waals surface area contributed by atoms with E-state index in [9.17, 15) is 0 Å². The average Bonchev–Trinajstić information content (AvgIpc) is 2.54. The monoisotopic (exact) mass is 171 g/mol. The summed E-state index contributed by atoms with van der Waals surface area (Å²) in [6.45, 7) is 0. The fourth-order valence-corrected chi connectivity index (χ4v) is 2.89. The minimum Gasteiger partial charge on any atom is -0.122 e. The number of azide groups is 1. The number of rotatable bonds is 1. The number of halogens is 1. The minimum atomic E-state index is 0.0837. The highest BCUT2D eigenvalue weighted by atomic mass is 35.5. The summed E-state index contributed by atoms with van der Waals surface area (Å²) < 4.78 is 0. The molecule has 0 saturated heterocycles. The molecular formula is C7H10ClN3. The van der Waals surface area contributed by atoms with Gasteiger partial charge in [-0.05, 0) is 36.6 Å². The Morgan fingerprint density at radius 3 is 2.64 bits per heavy atom. The van der Waals surface area contributed by atoms with E-state index in [2.05, 4.69) is 10.0 Å². The topological polar surface area (TPSA) is 48.8 Å². The molecule has 2 bridgehead atoms. The van der Waals surface area contributed by atoms with E-state index in [0.717, 1.165) is 0 Å². The van der Waals surface area contributed by atoms with Crippen LogP contribution in [0, 0.1) is 11.8 Å². The second-order valence-corrected chi connectivity index (χ2v) is 3.98. The van der Waals surface area contributed by atoms with Crippen molar-refractivity contribution in [3.05, 3.63) is 10.4 Å². The van der Waals surface area contributed by atoms with E-state index < -0.39 is 0 Å². The number of hydrogen-bond donors (Lipinski definition) is 0. The Bertz CT molecular complexity index is 210. The van der Waals surface area contributed by atoms with E-state index in [1.54, 1.807) is 0 Å². The maximum absolute atomic E-state index is 8.27. The number of fused-ring (bicyclic) bond motifs is 2. The van der Waals surface area contributed by atoms with Crippen LogP contribution in [0.15, 0.2) is 5.11 Å². The van der Waals surface area contributed by atoms with E-state index in [4.69, 9.17) is 17.1 Å². The van der Waals surface area contributed by atoms with E-state index in [1.165, 1.54) is 19.3 Å². The van der Waals surface area contributed by atoms with Crippen molar-refractivity contribution in [3.63, 3.8) is 0 Å². The molecule has 0 spiro atoms. The highest BCUT2D eigenvalue weighted by molar-refractivity contribution is 6.21. The van der Waals surface area contributed by atoms with Gasteiger partial charge in [-0.25, -0.2) is 0 Å². The first-order chi connectivity index (χ1) is 5.33. The fourth-order valence-electron chi connectivity index (χ4n) is 2.41. The standard InChI is InChI=1S/C7H10ClN3/c8-6-4-1-2-5(3-4)7(6)10-11-9/h4-7H,1-3H2/t4-,5+,6+,7-/m1/s1. The summed E-state index contributed by atoms with van der Waals surface area (Å²) in [5.74, 6) is 1.20. The fraction of sp³-hybridized carbons (Fsp3) is 1.00. The largest absolute Gasteiger partial charge is 0.122 e. The van der Waals surface area contributed by atoms with Gasteiger partial charge in [0.1, 0.15) is 0 Å². The lowest BCUT2D eigenvalue weighted by atomic mass is 9.96. The smallest absolute Gasteiger partial charge is 0.0568 e. The lowest BCUT2D eigenvalue weighted by molar-refractivity contribution is 0.424. The van der Waals surface area contributed by atoms with Crippen LogP contribution in [-0.4, -0.2) is 11.4 Å². The minimum absolute atomic E-state index is 0.0837. The molecule has 0 aromatic carbocycles. The quantitative estimate of drug-likeness (QED) is 0.252. The van der Waals surface area contributed by atoms with E-state index >= 15 is 0 Å². The third-order valence-electron chi connectivity index (χ3n) is 2.96. The molecule has 0 heterocycles. The first-order valence-corrected chi connectivity index (χ1v) is 4.45. The molecule has 0 N–H and O–H groups in total. The van der Waals surface area contributed by atoms with Gasteiger partial charge < -0.3 is 0 Å². The predicted molar refractivity (Wildman–Crippen MR) is 43.4 cm³/mol. The highest BCUT2D eigenvalue weighted by Gasteiger charge is 2.46. The van der Waals surface area contributed by atoms with E-state index in [0.29, 0.717) is 11.8 Å². The molecule has 11 heavy (non-hydrogen) atoms. The number of alkyl halides is 1. The van der Waals surface area contributed by atoms with Gasteiger partial charge in [-0.1, -0.05) is 5.11 Å². The van der Waals surface area contributed by atoms with Gasteiger partial charge in [0.05, 0.1) is 6.04 Å². The molecule has 2 aliphatic rings. The zero-order valence-corrected chi connectivity index (χ0v) is 6.91. The van der Waals surface area contributed by atoms with Gasteiger partial charge >= 0.3 is 0 Å². The Balaban J connectivity index is 2.17. The third kappa shape index (κ3) is 0.996. The summed E-state index contributed by atoms with van der Waals surface area (Å²) in [4.78, 5) is 2.83. The lowest BCUT2D eigenvalue weighted by Gasteiger charge is -2.21. The van der Waals surface area contributed by atoms with Crippen molar-refractivity contribution in [2.24, 2.45) is 17.0 Å². The van der Waals surface area contributed by atoms with Crippen molar-refractivity contribution in [1.29, 1.82) is 0 Å². The van der Waals surface area contributed by atoms with Crippen molar-refractivity contribution >= 4 is 11.6 Å². The van der Waals surface area contributed by atoms with Crippen molar-refractivity contribution in [1.82, 2.24) is 0 Å². The van der Waals surface area contributed by atoms with Crippen LogP contribution in [0.1, 0.15) is 19.3 Å². The molecule has 2 saturated carbocycles. The number of hydrogen-bond acceptors (Lipinski definition) is 1. The second-order valence-electron chi connectivity index (χ2n) is 3.47. The molecule has 2 aliphatic carbocycles. The van der Waals surface area contributed by atoms with Gasteiger partial charge in [-0.2, -0.15) is 0 Å². The van der Waals surface area contributed by atoms with Gasteiger partial charge in [0.25, 0.3) is 0 Å². The van der Waals surface area contributed by atoms with Crippen molar-refractivity contribution in [2.45, 2.75) is 30.7 Å². The van der Waals surface area contributed by atoms with Crippen LogP contribution in [0.2, 0.25) is 0 Å². The zero-order chi connectivity index (χ0) is 7.84. The molecule has 0 amide bonds. The zero-order valence-electron chi connectivity index (χ0n) is 6.15. The SMILES string of the molecule is [N-]=[N+]=N[C@@H]1[C@H]2CC[C@H](C2)[C@@H]1Cl. The molecule has 4 heteroatoms. The molecule has 60 valence electrons. The highest BCUT2D eigenvalue weighted by Crippen LogP contribution is 2.48. The molecule has 3 nitrogen and oxygen atoms in total. The summed E-state index contributed by atoms with van der Waals surface area (Å²) >= 11 is 6.09. The average molecular weight is 172 g/mol. The summed E-state index contributed by atoms with van der Waals surface area (Å²) in [7, 11) is 0. The van der Waals surface area contributed by atoms with Crippen LogP contribution in [0.5, 0.6) is 0 Å². The first-order valence-electron chi connectivity index (χ1n) is 4.01. The molecule has 0 aliphatic heterocycles. The van der Waals surface area contributed by atoms with Gasteiger partial charge in [-0.15, -0.1) is 11.6 Å². The van der Waals surface area contributed by atoms with Crippen molar-refractivity contribution in [3.8, 4) is 0 Å². The molecule has 0 radical (unpaired) electrons. The van der Waals surface area contributed by atoms with Gasteiger partial charge in [0, 0.05) is 10.3 Å². The maximum atomic E-state index is 8.27. The Hall–Kier alpha value is -0.400. The van der Waals surface area contributed by atoms with Crippen LogP contribution >= 0.6 is 11.6 Å². The summed E-state index contributed by atoms with van der Waals surface area (Å²) in [6.07, 6.45) is 3.62. The third-order valence-corrected chi connectivity index (χ3v) is 3.57. The normalized spacial score (nSPS) is 47.4. The van der Waals surface area contributed by atoms with Crippen LogP contribution in [-0.2, 0) is 0 Å². The predicted octanol–water partition coefficient (Wildman–Crippen LogP) is 2.70. The maximum Gasteiger partial charge on any atom is 0.0568 e. The molecule has 0 unspecified atom stereocenters. The second kappa shape index (κ2) is 2.58. The lowest BCUT2D eigenvalue weighted by Crippen LogP contribution is -2.25. The number of nitrogens with zero attached hydrogens (tertiary/aromatic N) is 3. The molecule has 0 aromatic rings. The Morgan fingerprint density at radius 2 is 2.09 bits per heavy atom. The van der Waals surface area contributed by atoms with Crippen LogP contribution in [0.25, 0.3) is 10.4 Å². The van der Waals surface area contributed by atoms with Crippen molar-refractivity contribution in [2.75, 3.05) is 0 Å². The molecule has 4 atom stereocenters. The Labute approximate surface area is 70.4 Å². The van der Waals surface area contributed by atoms with Gasteiger partial charge in [0.2, 0.25) is 0 Å². The Morgan fingerprint density at radius 1 is 1.36 bits per heavy atom. The van der Waals surface area contributed by atoms with Gasteiger partial charge in [0.15, 0.2) is 0 Å². The van der Waals surface area contributed by atoms with Crippen molar-refractivity contribution < 1.29 is 0 Å². The van der Waals surface area contributed by atoms with Crippen LogP contribution in [0.4, 0.5) is 0 Å². The van der Waals surface area contributed by atoms with Gasteiger partial charge in [-0.3, -0.25) is 0 Å². The Kier molecular flexibility index (Phi) is 1.70. The van der Waals surface area contributed by atoms with E-state index in [-0.39, 0.29) is 11.4 Å².